The largest absolute Gasteiger partial charge is 0.493 e. The van der Waals surface area contributed by atoms with Crippen LogP contribution in [0.3, 0.4) is 0 Å². The lowest BCUT2D eigenvalue weighted by Gasteiger charge is -2.21. The number of nitrogens with one attached hydrogen (secondary N) is 1. The first-order valence-corrected chi connectivity index (χ1v) is 10.3. The zero-order valence-electron chi connectivity index (χ0n) is 18.0. The third-order valence-corrected chi connectivity index (χ3v) is 4.45. The first kappa shape index (κ1) is 23.4. The van der Waals surface area contributed by atoms with Crippen molar-refractivity contribution in [3.05, 3.63) is 59.9 Å². The Morgan fingerprint density at radius 2 is 1.83 bits per heavy atom. The molecule has 6 heteroatoms. The zero-order chi connectivity index (χ0) is 21.8. The molecule has 0 atom stereocenters. The van der Waals surface area contributed by atoms with E-state index in [-0.39, 0.29) is 11.7 Å². The average Bonchev–Trinajstić information content (AvgIpc) is 2.73. The van der Waals surface area contributed by atoms with Gasteiger partial charge < -0.3 is 14.8 Å². The smallest absolute Gasteiger partial charge is 0.248 e. The summed E-state index contributed by atoms with van der Waals surface area (Å²) in [6, 6.07) is 11.3. The summed E-state index contributed by atoms with van der Waals surface area (Å²) >= 11 is 0. The van der Waals surface area contributed by atoms with Crippen LogP contribution < -0.4 is 14.8 Å². The fraction of sp³-hybridized carbons (Fsp3) is 0.375. The van der Waals surface area contributed by atoms with Gasteiger partial charge in [0.15, 0.2) is 11.5 Å². The van der Waals surface area contributed by atoms with Crippen LogP contribution in [0.15, 0.2) is 48.5 Å². The van der Waals surface area contributed by atoms with Crippen LogP contribution >= 0.6 is 0 Å². The number of rotatable bonds is 12. The fourth-order valence-corrected chi connectivity index (χ4v) is 3.09. The van der Waals surface area contributed by atoms with Gasteiger partial charge in [0.05, 0.1) is 7.11 Å². The van der Waals surface area contributed by atoms with Crippen LogP contribution in [0.2, 0.25) is 0 Å². The summed E-state index contributed by atoms with van der Waals surface area (Å²) in [6.45, 7) is 7.79. The predicted octanol–water partition coefficient (Wildman–Crippen LogP) is 4.99. The number of nitrogens with zero attached hydrogens (tertiary/aromatic N) is 1. The van der Waals surface area contributed by atoms with Crippen molar-refractivity contribution in [1.29, 1.82) is 0 Å². The number of hydrogen-bond acceptors (Lipinski definition) is 4. The van der Waals surface area contributed by atoms with Crippen molar-refractivity contribution in [2.75, 3.05) is 38.7 Å². The number of carbonyl (C=O) groups excluding carboxylic acids is 1. The monoisotopic (exact) mass is 414 g/mol. The minimum absolute atomic E-state index is 0.313. The number of ether oxygens (including phenoxy) is 2. The molecular weight excluding hydrogens is 383 g/mol. The Kier molecular flexibility index (Phi) is 9.87. The second-order valence-corrected chi connectivity index (χ2v) is 6.93. The maximum Gasteiger partial charge on any atom is 0.248 e. The Balaban J connectivity index is 1.98. The van der Waals surface area contributed by atoms with Crippen molar-refractivity contribution in [2.45, 2.75) is 26.7 Å². The lowest BCUT2D eigenvalue weighted by molar-refractivity contribution is -0.111. The Morgan fingerprint density at radius 1 is 1.07 bits per heavy atom. The Hall–Kier alpha value is -2.86. The average molecular weight is 415 g/mol. The highest BCUT2D eigenvalue weighted by Gasteiger charge is 2.09. The van der Waals surface area contributed by atoms with Gasteiger partial charge in [-0.15, -0.1) is 0 Å². The molecule has 0 bridgehead atoms. The van der Waals surface area contributed by atoms with Crippen LogP contribution in [0.5, 0.6) is 11.5 Å². The molecule has 0 aromatic heterocycles. The summed E-state index contributed by atoms with van der Waals surface area (Å²) in [4.78, 5) is 14.6. The number of benzene rings is 2. The summed E-state index contributed by atoms with van der Waals surface area (Å²) < 4.78 is 24.5. The molecule has 2 aromatic carbocycles. The van der Waals surface area contributed by atoms with Gasteiger partial charge in [-0.3, -0.25) is 9.69 Å². The summed E-state index contributed by atoms with van der Waals surface area (Å²) in [5.41, 5.74) is 1.21. The molecule has 1 amide bonds. The van der Waals surface area contributed by atoms with Crippen LogP contribution in [-0.4, -0.2) is 44.2 Å². The standard InChI is InChI=1S/C24H31FN2O3/c1-4-13-27(14-5-2)15-16-30-23-18-21(10-11-22(23)29-3)26-24(28)12-9-19-7-6-8-20(25)17-19/h6-12,17-18H,4-5,13-16H2,1-3H3,(H,26,28). The second-order valence-electron chi connectivity index (χ2n) is 6.93. The SMILES string of the molecule is CCCN(CCC)CCOc1cc(NC(=O)C=Cc2cccc(F)c2)ccc1OC. The minimum Gasteiger partial charge on any atom is -0.493 e. The third-order valence-electron chi connectivity index (χ3n) is 4.45. The molecule has 0 spiro atoms. The molecule has 0 aliphatic heterocycles. The van der Waals surface area contributed by atoms with Crippen LogP contribution in [0.4, 0.5) is 10.1 Å². The van der Waals surface area contributed by atoms with Crippen molar-refractivity contribution in [3.63, 3.8) is 0 Å². The molecule has 30 heavy (non-hydrogen) atoms. The van der Waals surface area contributed by atoms with Crippen molar-refractivity contribution in [1.82, 2.24) is 4.90 Å². The first-order chi connectivity index (χ1) is 14.5. The van der Waals surface area contributed by atoms with E-state index < -0.39 is 0 Å². The van der Waals surface area contributed by atoms with E-state index in [1.165, 1.54) is 18.2 Å². The van der Waals surface area contributed by atoms with E-state index in [1.54, 1.807) is 43.5 Å². The van der Waals surface area contributed by atoms with Gasteiger partial charge in [-0.2, -0.15) is 0 Å². The van der Waals surface area contributed by atoms with Crippen LogP contribution in [0.1, 0.15) is 32.3 Å². The molecule has 2 rings (SSSR count). The number of amides is 1. The maximum atomic E-state index is 13.2. The normalized spacial score (nSPS) is 11.1. The van der Waals surface area contributed by atoms with Gasteiger partial charge in [0.1, 0.15) is 12.4 Å². The molecule has 0 aliphatic carbocycles. The molecule has 0 saturated heterocycles. The topological polar surface area (TPSA) is 50.8 Å². The highest BCUT2D eigenvalue weighted by atomic mass is 19.1. The van der Waals surface area contributed by atoms with E-state index in [9.17, 15) is 9.18 Å². The second kappa shape index (κ2) is 12.6. The van der Waals surface area contributed by atoms with Crippen molar-refractivity contribution in [3.8, 4) is 11.5 Å². The van der Waals surface area contributed by atoms with Gasteiger partial charge in [-0.05, 0) is 61.8 Å². The van der Waals surface area contributed by atoms with Crippen molar-refractivity contribution in [2.24, 2.45) is 0 Å². The molecule has 0 unspecified atom stereocenters. The third kappa shape index (κ3) is 7.87. The fourth-order valence-electron chi connectivity index (χ4n) is 3.09. The quantitative estimate of drug-likeness (QED) is 0.497. The van der Waals surface area contributed by atoms with E-state index in [0.717, 1.165) is 32.5 Å². The summed E-state index contributed by atoms with van der Waals surface area (Å²) in [7, 11) is 1.59. The number of anilines is 1. The number of hydrogen-bond donors (Lipinski definition) is 1. The molecule has 0 fully saturated rings. The highest BCUT2D eigenvalue weighted by molar-refractivity contribution is 6.02. The van der Waals surface area contributed by atoms with Crippen LogP contribution in [0, 0.1) is 5.82 Å². The molecule has 1 N–H and O–H groups in total. The van der Waals surface area contributed by atoms with E-state index >= 15 is 0 Å². The molecule has 0 aliphatic rings. The van der Waals surface area contributed by atoms with Gasteiger partial charge in [-0.1, -0.05) is 26.0 Å². The lowest BCUT2D eigenvalue weighted by atomic mass is 10.2. The molecule has 0 radical (unpaired) electrons. The van der Waals surface area contributed by atoms with Gasteiger partial charge in [0.25, 0.3) is 0 Å². The van der Waals surface area contributed by atoms with E-state index in [2.05, 4.69) is 24.1 Å². The molecule has 2 aromatic rings. The molecule has 0 saturated carbocycles. The highest BCUT2D eigenvalue weighted by Crippen LogP contribution is 2.30. The van der Waals surface area contributed by atoms with E-state index in [4.69, 9.17) is 9.47 Å². The Morgan fingerprint density at radius 3 is 2.50 bits per heavy atom. The predicted molar refractivity (Wildman–Crippen MR) is 120 cm³/mol. The summed E-state index contributed by atoms with van der Waals surface area (Å²) in [6.07, 6.45) is 5.14. The van der Waals surface area contributed by atoms with Crippen molar-refractivity contribution < 1.29 is 18.7 Å². The lowest BCUT2D eigenvalue weighted by Crippen LogP contribution is -2.30. The van der Waals surface area contributed by atoms with E-state index in [0.29, 0.717) is 29.4 Å². The summed E-state index contributed by atoms with van der Waals surface area (Å²) in [5.74, 6) is 0.538. The van der Waals surface area contributed by atoms with Gasteiger partial charge in [0, 0.05) is 24.4 Å². The molecule has 5 nitrogen and oxygen atoms in total. The molecule has 0 heterocycles. The number of carbonyl (C=O) groups is 1. The first-order valence-electron chi connectivity index (χ1n) is 10.3. The number of halogens is 1. The zero-order valence-corrected chi connectivity index (χ0v) is 18.0. The van der Waals surface area contributed by atoms with Crippen LogP contribution in [0.25, 0.3) is 6.08 Å². The molecular formula is C24H31FN2O3. The van der Waals surface area contributed by atoms with Gasteiger partial charge in [-0.25, -0.2) is 4.39 Å². The van der Waals surface area contributed by atoms with E-state index in [1.807, 2.05) is 0 Å². The summed E-state index contributed by atoms with van der Waals surface area (Å²) in [5, 5.41) is 2.79. The number of methoxy groups -OCH3 is 1. The van der Waals surface area contributed by atoms with Crippen molar-refractivity contribution >= 4 is 17.7 Å². The maximum absolute atomic E-state index is 13.2. The van der Waals surface area contributed by atoms with Crippen LogP contribution in [-0.2, 0) is 4.79 Å². The van der Waals surface area contributed by atoms with Gasteiger partial charge >= 0.3 is 0 Å². The Bertz CT molecular complexity index is 833. The molecule has 162 valence electrons. The minimum atomic E-state index is -0.342. The Labute approximate surface area is 178 Å². The van der Waals surface area contributed by atoms with Gasteiger partial charge in [0.2, 0.25) is 5.91 Å².